The minimum absolute atomic E-state index is 0.102. The molecule has 2 atom stereocenters. The summed E-state index contributed by atoms with van der Waals surface area (Å²) in [6.45, 7) is 0. The Morgan fingerprint density at radius 2 is 1.90 bits per heavy atom. The molecule has 3 nitrogen and oxygen atoms in total. The van der Waals surface area contributed by atoms with Gasteiger partial charge in [-0.1, -0.05) is 11.6 Å². The number of nitrogens with two attached hydrogens (primary N) is 1. The second-order valence-corrected chi connectivity index (χ2v) is 6.97. The van der Waals surface area contributed by atoms with E-state index in [1.807, 2.05) is 6.07 Å². The van der Waals surface area contributed by atoms with Crippen LogP contribution in [0.3, 0.4) is 0 Å². The van der Waals surface area contributed by atoms with Crippen molar-refractivity contribution in [1.82, 2.24) is 0 Å². The highest BCUT2D eigenvalue weighted by Crippen LogP contribution is 2.43. The summed E-state index contributed by atoms with van der Waals surface area (Å²) in [6.07, 6.45) is 1.93. The summed E-state index contributed by atoms with van der Waals surface area (Å²) in [4.78, 5) is 1.21. The van der Waals surface area contributed by atoms with Crippen LogP contribution >= 0.6 is 22.9 Å². The third kappa shape index (κ3) is 2.63. The summed E-state index contributed by atoms with van der Waals surface area (Å²) in [5, 5.41) is 0. The Labute approximate surface area is 133 Å². The molecule has 0 saturated carbocycles. The Bertz CT molecular complexity index is 656. The smallest absolute Gasteiger partial charge is 0.161 e. The van der Waals surface area contributed by atoms with Crippen molar-refractivity contribution < 1.29 is 9.47 Å². The molecule has 1 heterocycles. The lowest BCUT2D eigenvalue weighted by Crippen LogP contribution is -2.33. The second kappa shape index (κ2) is 5.87. The number of fused-ring (bicyclic) bond motifs is 1. The molecule has 0 fully saturated rings. The van der Waals surface area contributed by atoms with Gasteiger partial charge in [0.1, 0.15) is 0 Å². The molecule has 0 unspecified atom stereocenters. The van der Waals surface area contributed by atoms with Gasteiger partial charge in [0.15, 0.2) is 11.5 Å². The highest BCUT2D eigenvalue weighted by molar-refractivity contribution is 7.16. The topological polar surface area (TPSA) is 44.5 Å². The molecule has 0 amide bonds. The Hall–Kier alpha value is -1.23. The summed E-state index contributed by atoms with van der Waals surface area (Å²) in [7, 11) is 3.32. The predicted octanol–water partition coefficient (Wildman–Crippen LogP) is 3.82. The summed E-state index contributed by atoms with van der Waals surface area (Å²) in [5.41, 5.74) is 8.90. The van der Waals surface area contributed by atoms with Crippen LogP contribution in [-0.4, -0.2) is 20.3 Å². The number of halogens is 1. The molecule has 1 aromatic heterocycles. The first-order valence-corrected chi connectivity index (χ1v) is 8.09. The zero-order chi connectivity index (χ0) is 15.0. The minimum atomic E-state index is 0.102. The largest absolute Gasteiger partial charge is 0.493 e. The molecule has 5 heteroatoms. The van der Waals surface area contributed by atoms with E-state index in [4.69, 9.17) is 26.8 Å². The average Bonchev–Trinajstić information content (AvgIpc) is 2.91. The van der Waals surface area contributed by atoms with Crippen LogP contribution in [0.25, 0.3) is 0 Å². The van der Waals surface area contributed by atoms with Gasteiger partial charge in [-0.05, 0) is 48.2 Å². The zero-order valence-electron chi connectivity index (χ0n) is 12.1. The Morgan fingerprint density at radius 3 is 2.52 bits per heavy atom. The number of rotatable bonds is 3. The molecule has 0 bridgehead atoms. The lowest BCUT2D eigenvalue weighted by atomic mass is 9.78. The first-order valence-electron chi connectivity index (χ1n) is 6.89. The van der Waals surface area contributed by atoms with Crippen LogP contribution in [0.4, 0.5) is 0 Å². The molecule has 0 aliphatic heterocycles. The van der Waals surface area contributed by atoms with Gasteiger partial charge in [-0.25, -0.2) is 0 Å². The number of thiophene rings is 1. The van der Waals surface area contributed by atoms with Crippen molar-refractivity contribution in [3.8, 4) is 11.5 Å². The highest BCUT2D eigenvalue weighted by Gasteiger charge is 2.31. The van der Waals surface area contributed by atoms with Crippen molar-refractivity contribution >= 4 is 22.9 Å². The molecule has 0 radical (unpaired) electrons. The number of ether oxygens (including phenoxy) is 2. The van der Waals surface area contributed by atoms with Gasteiger partial charge in [-0.3, -0.25) is 0 Å². The fourth-order valence-electron chi connectivity index (χ4n) is 3.02. The third-order valence-electron chi connectivity index (χ3n) is 4.06. The standard InChI is InChI=1S/C16H18ClNO2S/c1-19-12-7-9-3-4-11(18)16(10(9)8-13(12)20-2)14-5-6-15(17)21-14/h5-8,11,16H,3-4,18H2,1-2H3/t11-,16-/m0/s1. The molecular formula is C16H18ClNO2S. The molecule has 1 aliphatic rings. The van der Waals surface area contributed by atoms with Gasteiger partial charge in [0.05, 0.1) is 18.6 Å². The van der Waals surface area contributed by atoms with Gasteiger partial charge < -0.3 is 15.2 Å². The van der Waals surface area contributed by atoms with E-state index < -0.39 is 0 Å². The van der Waals surface area contributed by atoms with Crippen molar-refractivity contribution in [1.29, 1.82) is 0 Å². The van der Waals surface area contributed by atoms with Crippen molar-refractivity contribution in [3.63, 3.8) is 0 Å². The van der Waals surface area contributed by atoms with Gasteiger partial charge in [0, 0.05) is 16.8 Å². The molecule has 0 saturated heterocycles. The van der Waals surface area contributed by atoms with E-state index in [1.54, 1.807) is 25.6 Å². The number of hydrogen-bond acceptors (Lipinski definition) is 4. The summed E-state index contributed by atoms with van der Waals surface area (Å²) < 4.78 is 11.6. The fraction of sp³-hybridized carbons (Fsp3) is 0.375. The van der Waals surface area contributed by atoms with Crippen LogP contribution in [0, 0.1) is 0 Å². The van der Waals surface area contributed by atoms with Crippen LogP contribution in [0.5, 0.6) is 11.5 Å². The monoisotopic (exact) mass is 323 g/mol. The zero-order valence-corrected chi connectivity index (χ0v) is 13.6. The number of benzene rings is 1. The van der Waals surface area contributed by atoms with Gasteiger partial charge >= 0.3 is 0 Å². The van der Waals surface area contributed by atoms with E-state index in [0.717, 1.165) is 28.7 Å². The summed E-state index contributed by atoms with van der Waals surface area (Å²) >= 11 is 7.69. The van der Waals surface area contributed by atoms with Gasteiger partial charge in [0.25, 0.3) is 0 Å². The first-order chi connectivity index (χ1) is 10.1. The molecule has 3 rings (SSSR count). The molecular weight excluding hydrogens is 306 g/mol. The van der Waals surface area contributed by atoms with Crippen LogP contribution in [-0.2, 0) is 6.42 Å². The lowest BCUT2D eigenvalue weighted by Gasteiger charge is -2.31. The van der Waals surface area contributed by atoms with E-state index in [1.165, 1.54) is 16.0 Å². The number of methoxy groups -OCH3 is 2. The molecule has 112 valence electrons. The van der Waals surface area contributed by atoms with E-state index in [0.29, 0.717) is 0 Å². The van der Waals surface area contributed by atoms with Crippen LogP contribution in [0.15, 0.2) is 24.3 Å². The van der Waals surface area contributed by atoms with E-state index in [2.05, 4.69) is 18.2 Å². The maximum Gasteiger partial charge on any atom is 0.161 e. The number of aryl methyl sites for hydroxylation is 1. The van der Waals surface area contributed by atoms with Crippen molar-refractivity contribution in [2.75, 3.05) is 14.2 Å². The highest BCUT2D eigenvalue weighted by atomic mass is 35.5. The molecule has 2 aromatic rings. The van der Waals surface area contributed by atoms with Gasteiger partial charge in [-0.2, -0.15) is 0 Å². The Kier molecular flexibility index (Phi) is 4.11. The number of hydrogen-bond donors (Lipinski definition) is 1. The Morgan fingerprint density at radius 1 is 1.19 bits per heavy atom. The maximum absolute atomic E-state index is 6.39. The van der Waals surface area contributed by atoms with Gasteiger partial charge in [0.2, 0.25) is 0 Å². The lowest BCUT2D eigenvalue weighted by molar-refractivity contribution is 0.352. The fourth-order valence-corrected chi connectivity index (χ4v) is 4.28. The maximum atomic E-state index is 6.39. The van der Waals surface area contributed by atoms with E-state index in [9.17, 15) is 0 Å². The molecule has 1 aromatic carbocycles. The quantitative estimate of drug-likeness (QED) is 0.933. The summed E-state index contributed by atoms with van der Waals surface area (Å²) in [6, 6.07) is 8.24. The average molecular weight is 324 g/mol. The molecule has 1 aliphatic carbocycles. The second-order valence-electron chi connectivity index (χ2n) is 5.23. The van der Waals surface area contributed by atoms with Crippen molar-refractivity contribution in [2.24, 2.45) is 5.73 Å². The minimum Gasteiger partial charge on any atom is -0.493 e. The van der Waals surface area contributed by atoms with Crippen LogP contribution < -0.4 is 15.2 Å². The molecule has 0 spiro atoms. The summed E-state index contributed by atoms with van der Waals surface area (Å²) in [5.74, 6) is 1.69. The van der Waals surface area contributed by atoms with Crippen LogP contribution in [0.1, 0.15) is 28.3 Å². The Balaban J connectivity index is 2.12. The molecule has 21 heavy (non-hydrogen) atoms. The SMILES string of the molecule is COc1cc2c(cc1OC)[C@H](c1ccc(Cl)s1)[C@@H](N)CC2. The van der Waals surface area contributed by atoms with Crippen LogP contribution in [0.2, 0.25) is 4.34 Å². The van der Waals surface area contributed by atoms with Crippen molar-refractivity contribution in [3.05, 3.63) is 44.6 Å². The molecule has 2 N–H and O–H groups in total. The van der Waals surface area contributed by atoms with E-state index >= 15 is 0 Å². The van der Waals surface area contributed by atoms with Crippen molar-refractivity contribution in [2.45, 2.75) is 24.8 Å². The van der Waals surface area contributed by atoms with Gasteiger partial charge in [-0.15, -0.1) is 11.3 Å². The third-order valence-corrected chi connectivity index (χ3v) is 5.37. The first kappa shape index (κ1) is 14.7. The normalized spacial score (nSPS) is 21.0. The predicted molar refractivity (Wildman–Crippen MR) is 87.0 cm³/mol. The van der Waals surface area contributed by atoms with E-state index in [-0.39, 0.29) is 12.0 Å².